The molecule has 0 saturated heterocycles. The first-order valence-electron chi connectivity index (χ1n) is 6.46. The third kappa shape index (κ3) is 3.35. The average Bonchev–Trinajstić information content (AvgIpc) is 2.88. The number of aromatic nitrogens is 1. The Hall–Kier alpha value is -1.81. The molecule has 1 heterocycles. The van der Waals surface area contributed by atoms with E-state index in [2.05, 4.69) is 18.8 Å². The zero-order valence-corrected chi connectivity index (χ0v) is 11.6. The largest absolute Gasteiger partial charge is 0.497 e. The van der Waals surface area contributed by atoms with Crippen molar-refractivity contribution >= 4 is 0 Å². The number of benzene rings is 1. The summed E-state index contributed by atoms with van der Waals surface area (Å²) in [4.78, 5) is 4.28. The smallest absolute Gasteiger partial charge is 0.226 e. The molecule has 0 saturated carbocycles. The quantitative estimate of drug-likeness (QED) is 0.895. The summed E-state index contributed by atoms with van der Waals surface area (Å²) in [6.45, 7) is 4.28. The van der Waals surface area contributed by atoms with Crippen LogP contribution in [0.2, 0.25) is 0 Å². The van der Waals surface area contributed by atoms with E-state index in [0.29, 0.717) is 11.8 Å². The van der Waals surface area contributed by atoms with Crippen LogP contribution < -0.4 is 10.5 Å². The molecule has 2 aromatic rings. The number of methoxy groups -OCH3 is 1. The molecular weight excluding hydrogens is 240 g/mol. The topological polar surface area (TPSA) is 61.3 Å². The van der Waals surface area contributed by atoms with Crippen LogP contribution in [0.3, 0.4) is 0 Å². The van der Waals surface area contributed by atoms with Crippen LogP contribution in [0, 0.1) is 5.92 Å². The molecule has 4 heteroatoms. The van der Waals surface area contributed by atoms with Gasteiger partial charge >= 0.3 is 0 Å². The monoisotopic (exact) mass is 260 g/mol. The van der Waals surface area contributed by atoms with Crippen molar-refractivity contribution in [3.05, 3.63) is 36.2 Å². The summed E-state index contributed by atoms with van der Waals surface area (Å²) >= 11 is 0. The number of hydrogen-bond acceptors (Lipinski definition) is 4. The fourth-order valence-electron chi connectivity index (χ4n) is 1.95. The Morgan fingerprint density at radius 3 is 2.53 bits per heavy atom. The molecule has 0 fully saturated rings. The summed E-state index contributed by atoms with van der Waals surface area (Å²) in [5.41, 5.74) is 7.00. The highest BCUT2D eigenvalue weighted by Gasteiger charge is 2.14. The Balaban J connectivity index is 2.15. The van der Waals surface area contributed by atoms with E-state index in [4.69, 9.17) is 14.9 Å². The van der Waals surface area contributed by atoms with Gasteiger partial charge in [-0.3, -0.25) is 0 Å². The van der Waals surface area contributed by atoms with Gasteiger partial charge < -0.3 is 14.9 Å². The highest BCUT2D eigenvalue weighted by Crippen LogP contribution is 2.26. The second kappa shape index (κ2) is 5.89. The zero-order chi connectivity index (χ0) is 13.8. The molecule has 0 radical (unpaired) electrons. The lowest BCUT2D eigenvalue weighted by Crippen LogP contribution is -2.11. The Kier molecular flexibility index (Phi) is 4.22. The van der Waals surface area contributed by atoms with Gasteiger partial charge in [0.05, 0.1) is 19.3 Å². The molecule has 2 rings (SSSR count). The average molecular weight is 260 g/mol. The predicted octanol–water partition coefficient (Wildman–Crippen LogP) is 3.40. The summed E-state index contributed by atoms with van der Waals surface area (Å²) in [5, 5.41) is 0. The lowest BCUT2D eigenvalue weighted by molar-refractivity contribution is 0.414. The highest BCUT2D eigenvalue weighted by molar-refractivity contribution is 5.54. The van der Waals surface area contributed by atoms with Gasteiger partial charge in [0.25, 0.3) is 0 Å². The normalized spacial score (nSPS) is 12.7. The van der Waals surface area contributed by atoms with E-state index >= 15 is 0 Å². The van der Waals surface area contributed by atoms with Crippen molar-refractivity contribution in [3.63, 3.8) is 0 Å². The van der Waals surface area contributed by atoms with E-state index in [1.807, 2.05) is 24.3 Å². The number of nitrogens with two attached hydrogens (primary N) is 1. The molecule has 19 heavy (non-hydrogen) atoms. The molecule has 1 unspecified atom stereocenters. The zero-order valence-electron chi connectivity index (χ0n) is 11.6. The van der Waals surface area contributed by atoms with Gasteiger partial charge in [0.1, 0.15) is 11.5 Å². The van der Waals surface area contributed by atoms with E-state index in [9.17, 15) is 0 Å². The molecule has 0 aliphatic rings. The third-order valence-electron chi connectivity index (χ3n) is 2.95. The van der Waals surface area contributed by atoms with Gasteiger partial charge in [-0.05, 0) is 36.6 Å². The van der Waals surface area contributed by atoms with E-state index in [0.717, 1.165) is 23.5 Å². The number of ether oxygens (including phenoxy) is 1. The maximum atomic E-state index is 6.08. The summed E-state index contributed by atoms with van der Waals surface area (Å²) in [6, 6.07) is 7.50. The summed E-state index contributed by atoms with van der Waals surface area (Å²) in [7, 11) is 1.64. The second-order valence-electron chi connectivity index (χ2n) is 5.03. The van der Waals surface area contributed by atoms with Crippen molar-refractivity contribution < 1.29 is 9.15 Å². The van der Waals surface area contributed by atoms with Crippen LogP contribution in [0.15, 0.2) is 34.9 Å². The van der Waals surface area contributed by atoms with Gasteiger partial charge in [-0.15, -0.1) is 0 Å². The highest BCUT2D eigenvalue weighted by atomic mass is 16.5. The van der Waals surface area contributed by atoms with Crippen LogP contribution in [0.25, 0.3) is 11.5 Å². The molecule has 1 aromatic heterocycles. The first-order chi connectivity index (χ1) is 9.10. The number of oxazole rings is 1. The van der Waals surface area contributed by atoms with Gasteiger partial charge in [0.2, 0.25) is 5.89 Å². The fourth-order valence-corrected chi connectivity index (χ4v) is 1.95. The molecule has 0 bridgehead atoms. The fraction of sp³-hybridized carbons (Fsp3) is 0.400. The van der Waals surface area contributed by atoms with E-state index < -0.39 is 0 Å². The first kappa shape index (κ1) is 13.6. The van der Waals surface area contributed by atoms with Gasteiger partial charge in [0.15, 0.2) is 0 Å². The Morgan fingerprint density at radius 2 is 1.95 bits per heavy atom. The predicted molar refractivity (Wildman–Crippen MR) is 74.9 cm³/mol. The molecule has 1 atom stereocenters. The van der Waals surface area contributed by atoms with Crippen molar-refractivity contribution in [1.82, 2.24) is 4.98 Å². The van der Waals surface area contributed by atoms with Gasteiger partial charge in [-0.1, -0.05) is 13.8 Å². The standard InChI is InChI=1S/C15H20N2O2/c1-10(2)8-13(16)14-9-17-15(19-14)11-4-6-12(18-3)7-5-11/h4-7,9-10,13H,8,16H2,1-3H3. The maximum Gasteiger partial charge on any atom is 0.226 e. The van der Waals surface area contributed by atoms with Crippen molar-refractivity contribution in [2.24, 2.45) is 11.7 Å². The molecular formula is C15H20N2O2. The minimum absolute atomic E-state index is 0.0977. The molecule has 4 nitrogen and oxygen atoms in total. The van der Waals surface area contributed by atoms with Crippen molar-refractivity contribution in [1.29, 1.82) is 0 Å². The molecule has 0 aliphatic carbocycles. The van der Waals surface area contributed by atoms with Crippen molar-refractivity contribution in [2.45, 2.75) is 26.3 Å². The van der Waals surface area contributed by atoms with Crippen molar-refractivity contribution in [2.75, 3.05) is 7.11 Å². The van der Waals surface area contributed by atoms with Crippen LogP contribution in [0.5, 0.6) is 5.75 Å². The van der Waals surface area contributed by atoms with E-state index in [1.165, 1.54) is 0 Å². The van der Waals surface area contributed by atoms with Crippen LogP contribution in [-0.4, -0.2) is 12.1 Å². The number of hydrogen-bond donors (Lipinski definition) is 1. The van der Waals surface area contributed by atoms with Gasteiger partial charge in [-0.25, -0.2) is 4.98 Å². The molecule has 2 N–H and O–H groups in total. The summed E-state index contributed by atoms with van der Waals surface area (Å²) in [6.07, 6.45) is 2.60. The van der Waals surface area contributed by atoms with Crippen molar-refractivity contribution in [3.8, 4) is 17.2 Å². The lowest BCUT2D eigenvalue weighted by Gasteiger charge is -2.10. The van der Waals surface area contributed by atoms with E-state index in [-0.39, 0.29) is 6.04 Å². The Labute approximate surface area is 113 Å². The SMILES string of the molecule is COc1ccc(-c2ncc(C(N)CC(C)C)o2)cc1. The number of rotatable bonds is 5. The molecule has 1 aromatic carbocycles. The molecule has 0 spiro atoms. The van der Waals surface area contributed by atoms with Gasteiger partial charge in [-0.2, -0.15) is 0 Å². The van der Waals surface area contributed by atoms with Crippen LogP contribution in [-0.2, 0) is 0 Å². The number of nitrogens with zero attached hydrogens (tertiary/aromatic N) is 1. The van der Waals surface area contributed by atoms with Crippen LogP contribution in [0.1, 0.15) is 32.1 Å². The first-order valence-corrected chi connectivity index (χ1v) is 6.46. The minimum Gasteiger partial charge on any atom is -0.497 e. The molecule has 0 amide bonds. The van der Waals surface area contributed by atoms with E-state index in [1.54, 1.807) is 13.3 Å². The third-order valence-corrected chi connectivity index (χ3v) is 2.95. The molecule has 102 valence electrons. The summed E-state index contributed by atoms with van der Waals surface area (Å²) < 4.78 is 10.9. The molecule has 0 aliphatic heterocycles. The minimum atomic E-state index is -0.0977. The Morgan fingerprint density at radius 1 is 1.26 bits per heavy atom. The lowest BCUT2D eigenvalue weighted by atomic mass is 10.0. The summed E-state index contributed by atoms with van der Waals surface area (Å²) in [5.74, 6) is 2.67. The van der Waals surface area contributed by atoms with Gasteiger partial charge in [0, 0.05) is 5.56 Å². The Bertz CT molecular complexity index is 517. The second-order valence-corrected chi connectivity index (χ2v) is 5.03. The van der Waals surface area contributed by atoms with Crippen LogP contribution in [0.4, 0.5) is 0 Å². The maximum absolute atomic E-state index is 6.08. The van der Waals surface area contributed by atoms with Crippen LogP contribution >= 0.6 is 0 Å².